The van der Waals surface area contributed by atoms with Gasteiger partial charge in [0.15, 0.2) is 6.61 Å². The van der Waals surface area contributed by atoms with Gasteiger partial charge in [0.2, 0.25) is 5.91 Å². The van der Waals surface area contributed by atoms with Gasteiger partial charge in [-0.1, -0.05) is 30.5 Å². The van der Waals surface area contributed by atoms with Crippen LogP contribution in [0.5, 0.6) is 5.75 Å². The van der Waals surface area contributed by atoms with Crippen molar-refractivity contribution in [3.63, 3.8) is 0 Å². The van der Waals surface area contributed by atoms with Crippen molar-refractivity contribution in [2.24, 2.45) is 5.92 Å². The van der Waals surface area contributed by atoms with Crippen LogP contribution in [0.2, 0.25) is 0 Å². The zero-order valence-corrected chi connectivity index (χ0v) is 15.0. The normalized spacial score (nSPS) is 19.0. The van der Waals surface area contributed by atoms with E-state index >= 15 is 0 Å². The molecule has 2 fully saturated rings. The second-order valence-electron chi connectivity index (χ2n) is 7.25. The van der Waals surface area contributed by atoms with Gasteiger partial charge < -0.3 is 15.0 Å². The average molecular weight is 344 g/mol. The summed E-state index contributed by atoms with van der Waals surface area (Å²) in [5.41, 5.74) is 1.17. The number of carbonyl (C=O) groups is 2. The van der Waals surface area contributed by atoms with Crippen molar-refractivity contribution in [1.82, 2.24) is 10.2 Å². The van der Waals surface area contributed by atoms with Crippen LogP contribution in [-0.4, -0.2) is 42.5 Å². The SMILES string of the molecule is Cc1ccc(OCC(=O)N2CCC(NC(=O)C3CCCC3)CC2)cc1. The van der Waals surface area contributed by atoms with Gasteiger partial charge in [-0.2, -0.15) is 0 Å². The third-order valence-electron chi connectivity index (χ3n) is 5.30. The number of hydrogen-bond acceptors (Lipinski definition) is 3. The van der Waals surface area contributed by atoms with Gasteiger partial charge in [0.05, 0.1) is 0 Å². The van der Waals surface area contributed by atoms with Crippen molar-refractivity contribution in [2.45, 2.75) is 51.5 Å². The van der Waals surface area contributed by atoms with Crippen LogP contribution in [0.3, 0.4) is 0 Å². The van der Waals surface area contributed by atoms with E-state index in [1.165, 1.54) is 18.4 Å². The van der Waals surface area contributed by atoms with Crippen molar-refractivity contribution in [3.8, 4) is 5.75 Å². The van der Waals surface area contributed by atoms with E-state index in [0.717, 1.165) is 31.4 Å². The number of rotatable bonds is 5. The predicted molar refractivity (Wildman–Crippen MR) is 96.4 cm³/mol. The number of hydrogen-bond donors (Lipinski definition) is 1. The first kappa shape index (κ1) is 17.8. The summed E-state index contributed by atoms with van der Waals surface area (Å²) in [7, 11) is 0. The first-order valence-electron chi connectivity index (χ1n) is 9.39. The Morgan fingerprint density at radius 2 is 1.72 bits per heavy atom. The minimum atomic E-state index is 0.0149. The van der Waals surface area contributed by atoms with Crippen molar-refractivity contribution >= 4 is 11.8 Å². The van der Waals surface area contributed by atoms with E-state index in [4.69, 9.17) is 4.74 Å². The van der Waals surface area contributed by atoms with Crippen molar-refractivity contribution in [3.05, 3.63) is 29.8 Å². The van der Waals surface area contributed by atoms with E-state index in [-0.39, 0.29) is 30.4 Å². The van der Waals surface area contributed by atoms with E-state index in [9.17, 15) is 9.59 Å². The maximum atomic E-state index is 12.3. The summed E-state index contributed by atoms with van der Waals surface area (Å²) in [4.78, 5) is 26.3. The van der Waals surface area contributed by atoms with E-state index in [1.54, 1.807) is 0 Å². The number of amides is 2. The summed E-state index contributed by atoms with van der Waals surface area (Å²) in [6.45, 7) is 3.46. The zero-order valence-electron chi connectivity index (χ0n) is 15.0. The minimum absolute atomic E-state index is 0.0149. The number of likely N-dealkylation sites (tertiary alicyclic amines) is 1. The molecule has 1 saturated heterocycles. The highest BCUT2D eigenvalue weighted by Crippen LogP contribution is 2.25. The summed E-state index contributed by atoms with van der Waals surface area (Å²) >= 11 is 0. The number of piperidine rings is 1. The van der Waals surface area contributed by atoms with Gasteiger partial charge in [-0.05, 0) is 44.7 Å². The first-order valence-corrected chi connectivity index (χ1v) is 9.39. The van der Waals surface area contributed by atoms with E-state index in [1.807, 2.05) is 36.1 Å². The predicted octanol–water partition coefficient (Wildman–Crippen LogP) is 2.67. The minimum Gasteiger partial charge on any atom is -0.484 e. The van der Waals surface area contributed by atoms with Crippen LogP contribution in [-0.2, 0) is 9.59 Å². The van der Waals surface area contributed by atoms with E-state index in [2.05, 4.69) is 5.32 Å². The van der Waals surface area contributed by atoms with Gasteiger partial charge >= 0.3 is 0 Å². The summed E-state index contributed by atoms with van der Waals surface area (Å²) in [6, 6.07) is 7.91. The Kier molecular flexibility index (Phi) is 5.95. The van der Waals surface area contributed by atoms with Crippen LogP contribution in [0.25, 0.3) is 0 Å². The number of nitrogens with one attached hydrogen (secondary N) is 1. The van der Waals surface area contributed by atoms with Crippen molar-refractivity contribution in [1.29, 1.82) is 0 Å². The number of aryl methyl sites for hydroxylation is 1. The second-order valence-corrected chi connectivity index (χ2v) is 7.25. The monoisotopic (exact) mass is 344 g/mol. The average Bonchev–Trinajstić information content (AvgIpc) is 3.16. The summed E-state index contributed by atoms with van der Waals surface area (Å²) in [5.74, 6) is 1.16. The highest BCUT2D eigenvalue weighted by molar-refractivity contribution is 5.79. The first-order chi connectivity index (χ1) is 12.1. The van der Waals surface area contributed by atoms with E-state index < -0.39 is 0 Å². The molecule has 1 aromatic rings. The number of benzene rings is 1. The maximum Gasteiger partial charge on any atom is 0.260 e. The lowest BCUT2D eigenvalue weighted by Gasteiger charge is -2.32. The molecule has 0 atom stereocenters. The molecule has 2 amide bonds. The second kappa shape index (κ2) is 8.37. The Morgan fingerprint density at radius 3 is 2.36 bits per heavy atom. The fraction of sp³-hybridized carbons (Fsp3) is 0.600. The lowest BCUT2D eigenvalue weighted by Crippen LogP contribution is -2.48. The van der Waals surface area contributed by atoms with Gasteiger partial charge in [0.25, 0.3) is 5.91 Å². The summed E-state index contributed by atoms with van der Waals surface area (Å²) in [6.07, 6.45) is 6.06. The fourth-order valence-electron chi connectivity index (χ4n) is 3.65. The van der Waals surface area contributed by atoms with Crippen LogP contribution in [0.4, 0.5) is 0 Å². The molecule has 25 heavy (non-hydrogen) atoms. The molecular formula is C20H28N2O3. The molecule has 1 aliphatic heterocycles. The molecule has 1 aromatic carbocycles. The van der Waals surface area contributed by atoms with E-state index in [0.29, 0.717) is 13.1 Å². The van der Waals surface area contributed by atoms with Gasteiger partial charge in [-0.3, -0.25) is 9.59 Å². The highest BCUT2D eigenvalue weighted by atomic mass is 16.5. The van der Waals surface area contributed by atoms with Gasteiger partial charge in [0.1, 0.15) is 5.75 Å². The number of nitrogens with zero attached hydrogens (tertiary/aromatic N) is 1. The molecule has 0 unspecified atom stereocenters. The quantitative estimate of drug-likeness (QED) is 0.893. The van der Waals surface area contributed by atoms with Crippen LogP contribution < -0.4 is 10.1 Å². The Hall–Kier alpha value is -2.04. The molecule has 0 radical (unpaired) electrons. The lowest BCUT2D eigenvalue weighted by molar-refractivity contribution is -0.134. The molecule has 1 aliphatic carbocycles. The fourth-order valence-corrected chi connectivity index (χ4v) is 3.65. The van der Waals surface area contributed by atoms with Crippen molar-refractivity contribution in [2.75, 3.05) is 19.7 Å². The Bertz CT molecular complexity index is 585. The van der Waals surface area contributed by atoms with Gasteiger partial charge in [-0.25, -0.2) is 0 Å². The van der Waals surface area contributed by atoms with Crippen LogP contribution in [0.15, 0.2) is 24.3 Å². The molecule has 1 heterocycles. The van der Waals surface area contributed by atoms with Crippen LogP contribution >= 0.6 is 0 Å². The Labute approximate surface area is 149 Å². The Morgan fingerprint density at radius 1 is 1.08 bits per heavy atom. The molecule has 1 saturated carbocycles. The summed E-state index contributed by atoms with van der Waals surface area (Å²) in [5, 5.41) is 3.18. The molecule has 3 rings (SSSR count). The molecular weight excluding hydrogens is 316 g/mol. The van der Waals surface area contributed by atoms with Crippen LogP contribution in [0, 0.1) is 12.8 Å². The number of ether oxygens (including phenoxy) is 1. The molecule has 5 heteroatoms. The highest BCUT2D eigenvalue weighted by Gasteiger charge is 2.28. The molecule has 0 spiro atoms. The lowest BCUT2D eigenvalue weighted by atomic mass is 10.0. The standard InChI is InChI=1S/C20H28N2O3/c1-15-6-8-18(9-7-15)25-14-19(23)22-12-10-17(11-13-22)21-20(24)16-4-2-3-5-16/h6-9,16-17H,2-5,10-14H2,1H3,(H,21,24). The summed E-state index contributed by atoms with van der Waals surface area (Å²) < 4.78 is 5.57. The molecule has 2 aliphatic rings. The molecule has 5 nitrogen and oxygen atoms in total. The zero-order chi connectivity index (χ0) is 17.6. The number of carbonyl (C=O) groups excluding carboxylic acids is 2. The van der Waals surface area contributed by atoms with Crippen molar-refractivity contribution < 1.29 is 14.3 Å². The molecule has 0 aromatic heterocycles. The maximum absolute atomic E-state index is 12.3. The molecule has 0 bridgehead atoms. The third kappa shape index (κ3) is 4.97. The molecule has 136 valence electrons. The largest absolute Gasteiger partial charge is 0.484 e. The smallest absolute Gasteiger partial charge is 0.260 e. The molecule has 1 N–H and O–H groups in total. The van der Waals surface area contributed by atoms with Gasteiger partial charge in [0, 0.05) is 25.0 Å². The van der Waals surface area contributed by atoms with Gasteiger partial charge in [-0.15, -0.1) is 0 Å². The van der Waals surface area contributed by atoms with Crippen LogP contribution in [0.1, 0.15) is 44.1 Å². The Balaban J connectivity index is 1.38. The topological polar surface area (TPSA) is 58.6 Å². The third-order valence-corrected chi connectivity index (χ3v) is 5.30.